The number of rotatable bonds is 3. The Balaban J connectivity index is 1.50. The molecule has 2 fully saturated rings. The van der Waals surface area contributed by atoms with Gasteiger partial charge >= 0.3 is 0 Å². The van der Waals surface area contributed by atoms with E-state index in [-0.39, 0.29) is 34.0 Å². The highest BCUT2D eigenvalue weighted by Gasteiger charge is 2.39. The van der Waals surface area contributed by atoms with Gasteiger partial charge in [-0.05, 0) is 39.5 Å². The molecule has 4 atom stereocenters. The molecule has 0 aromatic carbocycles. The normalized spacial score (nSPS) is 32.7. The summed E-state index contributed by atoms with van der Waals surface area (Å²) in [6.07, 6.45) is 7.31. The van der Waals surface area contributed by atoms with Crippen molar-refractivity contribution < 1.29 is 5.11 Å². The van der Waals surface area contributed by atoms with E-state index >= 15 is 0 Å². The van der Waals surface area contributed by atoms with Gasteiger partial charge in [0.25, 0.3) is 5.56 Å². The zero-order valence-electron chi connectivity index (χ0n) is 17.1. The van der Waals surface area contributed by atoms with Crippen molar-refractivity contribution in [3.05, 3.63) is 34.4 Å². The Labute approximate surface area is 182 Å². The van der Waals surface area contributed by atoms with Crippen LogP contribution >= 0.6 is 23.2 Å². The van der Waals surface area contributed by atoms with Gasteiger partial charge in [0.1, 0.15) is 11.6 Å². The summed E-state index contributed by atoms with van der Waals surface area (Å²) in [5.74, 6) is 1.40. The van der Waals surface area contributed by atoms with Crippen LogP contribution in [0.3, 0.4) is 0 Å². The van der Waals surface area contributed by atoms with Gasteiger partial charge in [0.05, 0.1) is 22.9 Å². The molecule has 2 saturated heterocycles. The first-order valence-corrected chi connectivity index (χ1v) is 11.4. The maximum Gasteiger partial charge on any atom is 0.256 e. The largest absolute Gasteiger partial charge is 0.392 e. The van der Waals surface area contributed by atoms with Gasteiger partial charge in [0.15, 0.2) is 0 Å². The summed E-state index contributed by atoms with van der Waals surface area (Å²) in [6.45, 7) is 7.58. The average molecular weight is 441 g/mol. The summed E-state index contributed by atoms with van der Waals surface area (Å²) in [4.78, 5) is 22.3. The van der Waals surface area contributed by atoms with Crippen molar-refractivity contribution in [3.8, 4) is 0 Å². The van der Waals surface area contributed by atoms with Crippen molar-refractivity contribution in [2.24, 2.45) is 0 Å². The second kappa shape index (κ2) is 8.22. The lowest BCUT2D eigenvalue weighted by molar-refractivity contribution is 0.0841. The van der Waals surface area contributed by atoms with Crippen LogP contribution < -0.4 is 10.5 Å². The van der Waals surface area contributed by atoms with E-state index in [0.717, 1.165) is 51.3 Å². The molecule has 3 aliphatic rings. The number of aliphatic hydroxyl groups excluding tert-OH is 1. The number of alkyl halides is 2. The van der Waals surface area contributed by atoms with Crippen LogP contribution in [0.4, 0.5) is 5.82 Å². The molecular formula is C21H30Cl2N4O2. The number of β-amino-alcohol motifs (C(OH)–C–C–N with tert-alkyl or cyclic N) is 1. The van der Waals surface area contributed by atoms with E-state index in [4.69, 9.17) is 28.2 Å². The fourth-order valence-corrected chi connectivity index (χ4v) is 5.46. The van der Waals surface area contributed by atoms with Gasteiger partial charge in [0, 0.05) is 37.8 Å². The SMILES string of the molecule is Cc1nc(N2CCC(C)(N3CC[C@H](O)C3)CC2)cc(=O)n1C1C=CC[C@H](Cl)[C@@H]1Cl. The molecule has 1 N–H and O–H groups in total. The summed E-state index contributed by atoms with van der Waals surface area (Å²) in [5.41, 5.74) is 0.0149. The van der Waals surface area contributed by atoms with Crippen molar-refractivity contribution in [3.63, 3.8) is 0 Å². The Bertz CT molecular complexity index is 834. The average Bonchev–Trinajstić information content (AvgIpc) is 3.12. The van der Waals surface area contributed by atoms with Crippen LogP contribution in [0.2, 0.25) is 0 Å². The molecule has 8 heteroatoms. The maximum atomic E-state index is 13.0. The van der Waals surface area contributed by atoms with E-state index in [0.29, 0.717) is 12.2 Å². The van der Waals surface area contributed by atoms with Crippen LogP contribution in [0.15, 0.2) is 23.0 Å². The highest BCUT2D eigenvalue weighted by Crippen LogP contribution is 2.34. The van der Waals surface area contributed by atoms with Crippen LogP contribution in [0.1, 0.15) is 44.5 Å². The number of anilines is 1. The monoisotopic (exact) mass is 440 g/mol. The van der Waals surface area contributed by atoms with Crippen molar-refractivity contribution in [1.82, 2.24) is 14.5 Å². The van der Waals surface area contributed by atoms with Crippen molar-refractivity contribution in [2.75, 3.05) is 31.1 Å². The second-order valence-electron chi connectivity index (χ2n) is 8.86. The Hall–Kier alpha value is -1.08. The highest BCUT2D eigenvalue weighted by molar-refractivity contribution is 6.30. The van der Waals surface area contributed by atoms with E-state index in [1.165, 1.54) is 0 Å². The van der Waals surface area contributed by atoms with Crippen LogP contribution in [0.25, 0.3) is 0 Å². The molecule has 2 aliphatic heterocycles. The zero-order valence-corrected chi connectivity index (χ0v) is 18.6. The summed E-state index contributed by atoms with van der Waals surface area (Å²) < 4.78 is 1.66. The Morgan fingerprint density at radius 1 is 1.24 bits per heavy atom. The van der Waals surface area contributed by atoms with E-state index in [1.54, 1.807) is 10.6 Å². The number of aromatic nitrogens is 2. The molecule has 0 radical (unpaired) electrons. The molecule has 29 heavy (non-hydrogen) atoms. The Morgan fingerprint density at radius 3 is 2.59 bits per heavy atom. The minimum Gasteiger partial charge on any atom is -0.392 e. The first-order valence-electron chi connectivity index (χ1n) is 10.5. The van der Waals surface area contributed by atoms with E-state index in [2.05, 4.69) is 16.7 Å². The minimum absolute atomic E-state index is 0.0884. The number of nitrogens with zero attached hydrogens (tertiary/aromatic N) is 4. The highest BCUT2D eigenvalue weighted by atomic mass is 35.5. The number of aliphatic hydroxyl groups is 1. The molecule has 1 aromatic heterocycles. The Morgan fingerprint density at radius 2 is 1.97 bits per heavy atom. The second-order valence-corrected chi connectivity index (χ2v) is 9.92. The number of piperidine rings is 1. The van der Waals surface area contributed by atoms with Crippen LogP contribution in [-0.4, -0.2) is 68.1 Å². The molecule has 1 aromatic rings. The van der Waals surface area contributed by atoms with Gasteiger partial charge in [-0.1, -0.05) is 12.2 Å². The molecule has 3 heterocycles. The molecule has 4 rings (SSSR count). The van der Waals surface area contributed by atoms with Gasteiger partial charge in [0.2, 0.25) is 0 Å². The van der Waals surface area contributed by atoms with Gasteiger partial charge in [-0.3, -0.25) is 14.3 Å². The number of likely N-dealkylation sites (tertiary alicyclic amines) is 1. The van der Waals surface area contributed by atoms with Crippen LogP contribution in [0.5, 0.6) is 0 Å². The standard InChI is InChI=1S/C21H30Cl2N4O2/c1-14-24-18(12-19(29)27(14)17-5-3-4-16(22)20(17)23)25-10-7-21(2,8-11-25)26-9-6-15(28)13-26/h3,5,12,15-17,20,28H,4,6-11,13H2,1-2H3/t15-,16-,17?,20-/m0/s1. The fraction of sp³-hybridized carbons (Fsp3) is 0.714. The van der Waals surface area contributed by atoms with Crippen LogP contribution in [0, 0.1) is 6.92 Å². The number of hydrogen-bond acceptors (Lipinski definition) is 5. The molecule has 160 valence electrons. The Kier molecular flexibility index (Phi) is 6.00. The summed E-state index contributed by atoms with van der Waals surface area (Å²) in [6, 6.07) is 1.36. The topological polar surface area (TPSA) is 61.6 Å². The number of halogens is 2. The first kappa shape index (κ1) is 21.2. The smallest absolute Gasteiger partial charge is 0.256 e. The molecule has 6 nitrogen and oxygen atoms in total. The van der Waals surface area contributed by atoms with Gasteiger partial charge < -0.3 is 10.0 Å². The van der Waals surface area contributed by atoms with Crippen molar-refractivity contribution in [1.29, 1.82) is 0 Å². The molecule has 0 spiro atoms. The van der Waals surface area contributed by atoms with Gasteiger partial charge in [-0.15, -0.1) is 23.2 Å². The molecule has 0 saturated carbocycles. The first-order chi connectivity index (χ1) is 13.8. The van der Waals surface area contributed by atoms with Crippen molar-refractivity contribution >= 4 is 29.0 Å². The fourth-order valence-electron chi connectivity index (χ4n) is 4.91. The lowest BCUT2D eigenvalue weighted by Gasteiger charge is -2.45. The molecule has 1 aliphatic carbocycles. The quantitative estimate of drug-likeness (QED) is 0.578. The third kappa shape index (κ3) is 4.09. The summed E-state index contributed by atoms with van der Waals surface area (Å²) in [7, 11) is 0. The van der Waals surface area contributed by atoms with Crippen molar-refractivity contribution in [2.45, 2.75) is 68.0 Å². The van der Waals surface area contributed by atoms with Gasteiger partial charge in [-0.2, -0.15) is 0 Å². The predicted octanol–water partition coefficient (Wildman–Crippen LogP) is 2.69. The summed E-state index contributed by atoms with van der Waals surface area (Å²) >= 11 is 12.8. The zero-order chi connectivity index (χ0) is 20.8. The molecular weight excluding hydrogens is 411 g/mol. The van der Waals surface area contributed by atoms with Gasteiger partial charge in [-0.25, -0.2) is 4.98 Å². The third-order valence-electron chi connectivity index (χ3n) is 6.87. The number of allylic oxidation sites excluding steroid dienone is 2. The van der Waals surface area contributed by atoms with E-state index < -0.39 is 0 Å². The van der Waals surface area contributed by atoms with E-state index in [1.807, 2.05) is 19.1 Å². The molecule has 0 bridgehead atoms. The lowest BCUT2D eigenvalue weighted by atomic mass is 9.88. The number of aryl methyl sites for hydroxylation is 1. The minimum atomic E-state index is -0.336. The molecule has 0 amide bonds. The lowest BCUT2D eigenvalue weighted by Crippen LogP contribution is -2.53. The predicted molar refractivity (Wildman–Crippen MR) is 117 cm³/mol. The third-order valence-corrected chi connectivity index (χ3v) is 8.01. The summed E-state index contributed by atoms with van der Waals surface area (Å²) in [5, 5.41) is 9.35. The maximum absolute atomic E-state index is 13.0. The number of hydrogen-bond donors (Lipinski definition) is 1. The molecule has 1 unspecified atom stereocenters. The van der Waals surface area contributed by atoms with Crippen LogP contribution in [-0.2, 0) is 0 Å². The van der Waals surface area contributed by atoms with E-state index in [9.17, 15) is 9.90 Å².